The summed E-state index contributed by atoms with van der Waals surface area (Å²) >= 11 is 1.48. The number of rotatable bonds is 4. The Labute approximate surface area is 102 Å². The van der Waals surface area contributed by atoms with Gasteiger partial charge in [0, 0.05) is 12.6 Å². The normalized spacial score (nSPS) is 13.1. The summed E-state index contributed by atoms with van der Waals surface area (Å²) in [7, 11) is 1.65. The van der Waals surface area contributed by atoms with E-state index in [1.165, 1.54) is 16.7 Å². The van der Waals surface area contributed by atoms with E-state index in [9.17, 15) is 9.59 Å². The van der Waals surface area contributed by atoms with E-state index < -0.39 is 0 Å². The quantitative estimate of drug-likeness (QED) is 0.808. The van der Waals surface area contributed by atoms with Gasteiger partial charge >= 0.3 is 0 Å². The van der Waals surface area contributed by atoms with Crippen molar-refractivity contribution < 1.29 is 9.59 Å². The average molecular weight is 246 g/mol. The molecule has 0 bridgehead atoms. The largest absolute Gasteiger partial charge is 0.350 e. The van der Waals surface area contributed by atoms with Gasteiger partial charge in [0.05, 0.1) is 11.8 Å². The Balaban J connectivity index is 4.20. The standard InChI is InChI=1S/C11H22N2O2S/c1-8(16-6)10(15)13(5)7-9(14)12-11(2,3)4/h8H,7H2,1-6H3,(H,12,14)/t8-/m0/s1. The number of nitrogens with zero attached hydrogens (tertiary/aromatic N) is 1. The van der Waals surface area contributed by atoms with Crippen molar-refractivity contribution >= 4 is 23.6 Å². The highest BCUT2D eigenvalue weighted by atomic mass is 32.2. The Morgan fingerprint density at radius 1 is 1.38 bits per heavy atom. The van der Waals surface area contributed by atoms with Gasteiger partial charge in [0.15, 0.2) is 0 Å². The second kappa shape index (κ2) is 6.13. The van der Waals surface area contributed by atoms with Crippen LogP contribution in [0.4, 0.5) is 0 Å². The van der Waals surface area contributed by atoms with Crippen LogP contribution in [0.15, 0.2) is 0 Å². The minimum absolute atomic E-state index is 0.0171. The number of hydrogen-bond donors (Lipinski definition) is 1. The summed E-state index contributed by atoms with van der Waals surface area (Å²) in [6, 6.07) is 0. The number of amides is 2. The fourth-order valence-corrected chi connectivity index (χ4v) is 1.54. The third-order valence-electron chi connectivity index (χ3n) is 1.97. The van der Waals surface area contributed by atoms with E-state index in [-0.39, 0.29) is 29.1 Å². The summed E-state index contributed by atoms with van der Waals surface area (Å²) in [5.41, 5.74) is -0.258. The molecule has 4 nitrogen and oxygen atoms in total. The van der Waals surface area contributed by atoms with Crippen molar-refractivity contribution in [2.45, 2.75) is 38.5 Å². The van der Waals surface area contributed by atoms with Crippen molar-refractivity contribution in [3.05, 3.63) is 0 Å². The number of carbonyl (C=O) groups excluding carboxylic acids is 2. The lowest BCUT2D eigenvalue weighted by Crippen LogP contribution is -2.47. The monoisotopic (exact) mass is 246 g/mol. The molecule has 0 unspecified atom stereocenters. The van der Waals surface area contributed by atoms with Crippen molar-refractivity contribution in [3.63, 3.8) is 0 Å². The van der Waals surface area contributed by atoms with Gasteiger partial charge in [-0.1, -0.05) is 0 Å². The van der Waals surface area contributed by atoms with E-state index in [1.54, 1.807) is 7.05 Å². The summed E-state index contributed by atoms with van der Waals surface area (Å²) in [6.07, 6.45) is 1.88. The molecule has 0 aliphatic carbocycles. The second-order valence-corrected chi connectivity index (χ2v) is 6.05. The molecule has 0 saturated carbocycles. The molecule has 0 spiro atoms. The van der Waals surface area contributed by atoms with Crippen LogP contribution in [-0.2, 0) is 9.59 Å². The average Bonchev–Trinajstić information content (AvgIpc) is 2.12. The third-order valence-corrected chi connectivity index (χ3v) is 2.88. The summed E-state index contributed by atoms with van der Waals surface area (Å²) in [5.74, 6) is -0.145. The maximum absolute atomic E-state index is 11.7. The van der Waals surface area contributed by atoms with Gasteiger partial charge in [-0.25, -0.2) is 0 Å². The summed E-state index contributed by atoms with van der Waals surface area (Å²) in [6.45, 7) is 7.69. The van der Waals surface area contributed by atoms with Crippen LogP contribution < -0.4 is 5.32 Å². The molecule has 1 N–H and O–H groups in total. The first-order valence-corrected chi connectivity index (χ1v) is 6.55. The van der Waals surface area contributed by atoms with Gasteiger partial charge in [0.1, 0.15) is 0 Å². The predicted molar refractivity (Wildman–Crippen MR) is 68.5 cm³/mol. The molecule has 0 heterocycles. The minimum Gasteiger partial charge on any atom is -0.350 e. The topological polar surface area (TPSA) is 49.4 Å². The maximum Gasteiger partial charge on any atom is 0.240 e. The first-order chi connectivity index (χ1) is 7.17. The van der Waals surface area contributed by atoms with Gasteiger partial charge in [0.25, 0.3) is 0 Å². The summed E-state index contributed by atoms with van der Waals surface area (Å²) < 4.78 is 0. The summed E-state index contributed by atoms with van der Waals surface area (Å²) in [5, 5.41) is 2.72. The second-order valence-electron chi connectivity index (χ2n) is 4.87. The van der Waals surface area contributed by atoms with Crippen LogP contribution in [0.1, 0.15) is 27.7 Å². The fourth-order valence-electron chi connectivity index (χ4n) is 1.16. The molecule has 0 aromatic heterocycles. The van der Waals surface area contributed by atoms with Crippen LogP contribution in [0.2, 0.25) is 0 Å². The lowest BCUT2D eigenvalue weighted by Gasteiger charge is -2.24. The molecule has 1 atom stereocenters. The zero-order chi connectivity index (χ0) is 12.9. The van der Waals surface area contributed by atoms with E-state index in [0.29, 0.717) is 0 Å². The third kappa shape index (κ3) is 6.00. The molecule has 94 valence electrons. The molecular formula is C11H22N2O2S. The van der Waals surface area contributed by atoms with Crippen LogP contribution >= 0.6 is 11.8 Å². The minimum atomic E-state index is -0.258. The SMILES string of the molecule is CS[C@@H](C)C(=O)N(C)CC(=O)NC(C)(C)C. The predicted octanol–water partition coefficient (Wildman–Crippen LogP) is 1.11. The first kappa shape index (κ1) is 15.3. The number of thioether (sulfide) groups is 1. The first-order valence-electron chi connectivity index (χ1n) is 5.26. The van der Waals surface area contributed by atoms with Gasteiger partial charge < -0.3 is 10.2 Å². The molecule has 0 radical (unpaired) electrons. The van der Waals surface area contributed by atoms with Crippen LogP contribution in [-0.4, -0.2) is 47.4 Å². The highest BCUT2D eigenvalue weighted by Gasteiger charge is 2.20. The number of nitrogens with one attached hydrogen (secondary N) is 1. The number of carbonyl (C=O) groups is 2. The zero-order valence-electron chi connectivity index (χ0n) is 11.0. The highest BCUT2D eigenvalue weighted by Crippen LogP contribution is 2.08. The van der Waals surface area contributed by atoms with Crippen LogP contribution in [0, 0.1) is 0 Å². The number of hydrogen-bond acceptors (Lipinski definition) is 3. The Hall–Kier alpha value is -0.710. The van der Waals surface area contributed by atoms with Gasteiger partial charge in [0.2, 0.25) is 11.8 Å². The van der Waals surface area contributed by atoms with Gasteiger partial charge in [-0.2, -0.15) is 11.8 Å². The van der Waals surface area contributed by atoms with Crippen molar-refractivity contribution in [1.29, 1.82) is 0 Å². The van der Waals surface area contributed by atoms with E-state index in [4.69, 9.17) is 0 Å². The highest BCUT2D eigenvalue weighted by molar-refractivity contribution is 7.99. The molecule has 0 aliphatic heterocycles. The lowest BCUT2D eigenvalue weighted by molar-refractivity contribution is -0.134. The molecule has 0 aromatic carbocycles. The molecule has 16 heavy (non-hydrogen) atoms. The van der Waals surface area contributed by atoms with Crippen LogP contribution in [0.5, 0.6) is 0 Å². The van der Waals surface area contributed by atoms with E-state index >= 15 is 0 Å². The van der Waals surface area contributed by atoms with Crippen molar-refractivity contribution in [3.8, 4) is 0 Å². The molecule has 0 rings (SSSR count). The molecular weight excluding hydrogens is 224 g/mol. The Morgan fingerprint density at radius 2 is 1.88 bits per heavy atom. The molecule has 0 aliphatic rings. The molecule has 0 fully saturated rings. The smallest absolute Gasteiger partial charge is 0.240 e. The molecule has 0 saturated heterocycles. The Kier molecular flexibility index (Phi) is 5.86. The maximum atomic E-state index is 11.7. The van der Waals surface area contributed by atoms with Crippen molar-refractivity contribution in [2.75, 3.05) is 19.8 Å². The molecule has 0 aromatic rings. The van der Waals surface area contributed by atoms with E-state index in [1.807, 2.05) is 34.0 Å². The van der Waals surface area contributed by atoms with Gasteiger partial charge in [-0.15, -0.1) is 0 Å². The zero-order valence-corrected chi connectivity index (χ0v) is 11.8. The van der Waals surface area contributed by atoms with Crippen LogP contribution in [0.3, 0.4) is 0 Å². The summed E-state index contributed by atoms with van der Waals surface area (Å²) in [4.78, 5) is 24.7. The van der Waals surface area contributed by atoms with Crippen molar-refractivity contribution in [1.82, 2.24) is 10.2 Å². The van der Waals surface area contributed by atoms with Crippen molar-refractivity contribution in [2.24, 2.45) is 0 Å². The van der Waals surface area contributed by atoms with E-state index in [0.717, 1.165) is 0 Å². The Bertz CT molecular complexity index is 261. The molecule has 2 amide bonds. The Morgan fingerprint density at radius 3 is 2.25 bits per heavy atom. The van der Waals surface area contributed by atoms with Crippen LogP contribution in [0.25, 0.3) is 0 Å². The number of likely N-dealkylation sites (N-methyl/N-ethyl adjacent to an activating group) is 1. The lowest BCUT2D eigenvalue weighted by atomic mass is 10.1. The van der Waals surface area contributed by atoms with E-state index in [2.05, 4.69) is 5.32 Å². The van der Waals surface area contributed by atoms with Gasteiger partial charge in [-0.05, 0) is 34.0 Å². The molecule has 5 heteroatoms. The van der Waals surface area contributed by atoms with Gasteiger partial charge in [-0.3, -0.25) is 9.59 Å². The fraction of sp³-hybridized carbons (Fsp3) is 0.818.